The molecule has 1 N–H and O–H groups in total. The van der Waals surface area contributed by atoms with Gasteiger partial charge < -0.3 is 19.3 Å². The Morgan fingerprint density at radius 3 is 2.21 bits per heavy atom. The van der Waals surface area contributed by atoms with Crippen LogP contribution >= 0.6 is 0 Å². The molecule has 228 valence electrons. The van der Waals surface area contributed by atoms with Gasteiger partial charge in [-0.3, -0.25) is 0 Å². The van der Waals surface area contributed by atoms with Crippen molar-refractivity contribution in [3.8, 4) is 5.75 Å². The number of piperidine rings is 1. The van der Waals surface area contributed by atoms with Crippen LogP contribution in [0.4, 0.5) is 19.1 Å². The number of sulfonamides is 1. The van der Waals surface area contributed by atoms with E-state index in [0.29, 0.717) is 56.1 Å². The van der Waals surface area contributed by atoms with Crippen LogP contribution in [0.15, 0.2) is 53.1 Å². The predicted octanol–water partition coefficient (Wildman–Crippen LogP) is 4.72. The highest BCUT2D eigenvalue weighted by Gasteiger charge is 2.32. The lowest BCUT2D eigenvalue weighted by Crippen LogP contribution is -2.37. The zero-order valence-corrected chi connectivity index (χ0v) is 24.3. The molecule has 1 aromatic heterocycles. The number of hydrogen-bond acceptors (Lipinski definition) is 8. The number of hydrogen-bond donors (Lipinski definition) is 1. The molecule has 1 aliphatic rings. The molecule has 42 heavy (non-hydrogen) atoms. The molecule has 10 nitrogen and oxygen atoms in total. The van der Waals surface area contributed by atoms with E-state index in [1.807, 2.05) is 0 Å². The second-order valence-electron chi connectivity index (χ2n) is 10.8. The van der Waals surface area contributed by atoms with Crippen molar-refractivity contribution >= 4 is 21.9 Å². The summed E-state index contributed by atoms with van der Waals surface area (Å²) < 4.78 is 75.4. The van der Waals surface area contributed by atoms with Crippen molar-refractivity contribution in [2.75, 3.05) is 30.8 Å². The summed E-state index contributed by atoms with van der Waals surface area (Å²) in [6.45, 7) is 4.22. The van der Waals surface area contributed by atoms with Gasteiger partial charge in [0.05, 0.1) is 11.8 Å². The van der Waals surface area contributed by atoms with Gasteiger partial charge in [0.25, 0.3) is 5.95 Å². The zero-order valence-electron chi connectivity index (χ0n) is 23.5. The molecule has 14 heteroatoms. The van der Waals surface area contributed by atoms with E-state index in [-0.39, 0.29) is 18.4 Å². The number of anilines is 1. The number of carbonyl (C=O) groups is 1. The summed E-state index contributed by atoms with van der Waals surface area (Å²) in [4.78, 5) is 17.7. The van der Waals surface area contributed by atoms with Crippen LogP contribution in [0.1, 0.15) is 55.2 Å². The van der Waals surface area contributed by atoms with Crippen molar-refractivity contribution in [3.63, 3.8) is 0 Å². The third-order valence-corrected chi connectivity index (χ3v) is 8.43. The molecule has 2 aromatic carbocycles. The lowest BCUT2D eigenvalue weighted by Gasteiger charge is -2.28. The van der Waals surface area contributed by atoms with Crippen LogP contribution in [0.25, 0.3) is 0 Å². The molecule has 1 aliphatic heterocycles. The van der Waals surface area contributed by atoms with Gasteiger partial charge in [0, 0.05) is 32.1 Å². The molecule has 0 unspecified atom stereocenters. The molecule has 0 aliphatic carbocycles. The monoisotopic (exact) mass is 610 g/mol. The Bertz CT molecular complexity index is 1470. The van der Waals surface area contributed by atoms with Gasteiger partial charge in [0.1, 0.15) is 5.75 Å². The highest BCUT2D eigenvalue weighted by atomic mass is 32.2. The van der Waals surface area contributed by atoms with E-state index in [1.165, 1.54) is 36.5 Å². The van der Waals surface area contributed by atoms with Gasteiger partial charge in [0.15, 0.2) is 5.60 Å². The van der Waals surface area contributed by atoms with Gasteiger partial charge in [0.2, 0.25) is 15.9 Å². The van der Waals surface area contributed by atoms with Gasteiger partial charge in [-0.1, -0.05) is 24.3 Å². The average molecular weight is 611 g/mol. The molecule has 0 bridgehead atoms. The predicted molar refractivity (Wildman–Crippen MR) is 148 cm³/mol. The van der Waals surface area contributed by atoms with Crippen LogP contribution in [-0.4, -0.2) is 65.4 Å². The summed E-state index contributed by atoms with van der Waals surface area (Å²) in [5.74, 6) is -0.139. The average Bonchev–Trinajstić information content (AvgIpc) is 3.41. The van der Waals surface area contributed by atoms with Crippen LogP contribution in [-0.2, 0) is 34.0 Å². The number of carboxylic acids is 1. The van der Waals surface area contributed by atoms with Gasteiger partial charge in [-0.05, 0) is 73.7 Å². The second kappa shape index (κ2) is 12.3. The Hall–Kier alpha value is -3.65. The number of halogens is 3. The van der Waals surface area contributed by atoms with Crippen LogP contribution in [0.5, 0.6) is 5.75 Å². The first kappa shape index (κ1) is 31.3. The number of alkyl halides is 3. The van der Waals surface area contributed by atoms with E-state index < -0.39 is 33.3 Å². The highest BCUT2D eigenvalue weighted by molar-refractivity contribution is 7.88. The topological polar surface area (TPSA) is 126 Å². The van der Waals surface area contributed by atoms with Crippen LogP contribution in [0, 0.1) is 0 Å². The smallest absolute Gasteiger partial charge is 0.416 e. The van der Waals surface area contributed by atoms with Crippen LogP contribution in [0.2, 0.25) is 0 Å². The minimum Gasteiger partial charge on any atom is -0.478 e. The summed E-state index contributed by atoms with van der Waals surface area (Å²) >= 11 is 0. The van der Waals surface area contributed by atoms with Crippen molar-refractivity contribution < 1.29 is 40.8 Å². The molecular weight excluding hydrogens is 577 g/mol. The van der Waals surface area contributed by atoms with Crippen LogP contribution in [0.3, 0.4) is 0 Å². The Morgan fingerprint density at radius 2 is 1.67 bits per heavy atom. The Balaban J connectivity index is 1.49. The normalized spacial score (nSPS) is 15.5. The number of rotatable bonds is 11. The van der Waals surface area contributed by atoms with Gasteiger partial charge in [-0.15, -0.1) is 0 Å². The molecule has 4 rings (SSSR count). The number of aliphatic carboxylic acids is 1. The fourth-order valence-electron chi connectivity index (χ4n) is 4.55. The number of aromatic nitrogens is 2. The molecule has 2 heterocycles. The quantitative estimate of drug-likeness (QED) is 0.328. The number of carboxylic acid groups (broad SMARTS) is 1. The van der Waals surface area contributed by atoms with Crippen molar-refractivity contribution in [3.05, 3.63) is 71.1 Å². The molecule has 0 atom stereocenters. The highest BCUT2D eigenvalue weighted by Crippen LogP contribution is 2.31. The Morgan fingerprint density at radius 1 is 1.07 bits per heavy atom. The van der Waals surface area contributed by atoms with E-state index in [4.69, 9.17) is 9.26 Å². The summed E-state index contributed by atoms with van der Waals surface area (Å²) in [6, 6.07) is 11.8. The van der Waals surface area contributed by atoms with E-state index in [9.17, 15) is 31.5 Å². The molecule has 1 fully saturated rings. The number of nitrogens with zero attached hydrogens (tertiary/aromatic N) is 4. The second-order valence-corrected chi connectivity index (χ2v) is 12.8. The van der Waals surface area contributed by atoms with Gasteiger partial charge in [-0.2, -0.15) is 18.2 Å². The summed E-state index contributed by atoms with van der Waals surface area (Å²) in [6.07, 6.45) is -1.70. The third-order valence-electron chi connectivity index (χ3n) is 7.12. The fourth-order valence-corrected chi connectivity index (χ4v) is 5.43. The van der Waals surface area contributed by atoms with Gasteiger partial charge in [-0.25, -0.2) is 17.5 Å². The molecule has 1 saturated heterocycles. The SMILES string of the molecule is CC(C)(Oc1ccc(CCN(Cc2ccc(C(F)(F)F)cc2)c2noc(C3CCN(S(C)(=O)=O)CC3)n2)cc1)C(=O)O. The standard InChI is InChI=1S/C28H33F3N4O6S/c1-27(2,25(36)37)40-23-10-6-19(7-11-23)12-15-34(18-20-4-8-22(9-5-20)28(29,30)31)26-32-24(41-33-26)21-13-16-35(17-14-21)42(3,38)39/h4-11,21H,12-18H2,1-3H3,(H,36,37). The Kier molecular flexibility index (Phi) is 9.16. The van der Waals surface area contributed by atoms with Crippen LogP contribution < -0.4 is 9.64 Å². The van der Waals surface area contributed by atoms with Crippen molar-refractivity contribution in [2.24, 2.45) is 0 Å². The minimum absolute atomic E-state index is 0.111. The molecule has 0 amide bonds. The Labute approximate surface area is 242 Å². The molecular formula is C28H33F3N4O6S. The van der Waals surface area contributed by atoms with Crippen molar-refractivity contribution in [2.45, 2.75) is 57.3 Å². The third kappa shape index (κ3) is 8.00. The van der Waals surface area contributed by atoms with E-state index in [1.54, 1.807) is 29.2 Å². The van der Waals surface area contributed by atoms with Gasteiger partial charge >= 0.3 is 12.1 Å². The fraction of sp³-hybridized carbons (Fsp3) is 0.464. The first-order chi connectivity index (χ1) is 19.6. The van der Waals surface area contributed by atoms with Crippen molar-refractivity contribution in [1.29, 1.82) is 0 Å². The largest absolute Gasteiger partial charge is 0.478 e. The molecule has 0 spiro atoms. The first-order valence-electron chi connectivity index (χ1n) is 13.3. The van der Waals surface area contributed by atoms with E-state index >= 15 is 0 Å². The maximum atomic E-state index is 13.1. The summed E-state index contributed by atoms with van der Waals surface area (Å²) in [7, 11) is -3.28. The summed E-state index contributed by atoms with van der Waals surface area (Å²) in [5.41, 5.74) is -0.605. The summed E-state index contributed by atoms with van der Waals surface area (Å²) in [5, 5.41) is 13.4. The first-order valence-corrected chi connectivity index (χ1v) is 15.2. The van der Waals surface area contributed by atoms with E-state index in [0.717, 1.165) is 17.7 Å². The lowest BCUT2D eigenvalue weighted by atomic mass is 9.98. The maximum absolute atomic E-state index is 13.1. The molecule has 0 radical (unpaired) electrons. The maximum Gasteiger partial charge on any atom is 0.416 e. The van der Waals surface area contributed by atoms with E-state index in [2.05, 4.69) is 10.1 Å². The molecule has 0 saturated carbocycles. The minimum atomic E-state index is -4.44. The lowest BCUT2D eigenvalue weighted by molar-refractivity contribution is -0.152. The molecule has 3 aromatic rings. The van der Waals surface area contributed by atoms with Crippen molar-refractivity contribution in [1.82, 2.24) is 14.4 Å². The number of ether oxygens (including phenoxy) is 1. The zero-order chi connectivity index (χ0) is 30.7. The number of benzene rings is 2.